The van der Waals surface area contributed by atoms with Gasteiger partial charge in [0.2, 0.25) is 0 Å². The molecule has 1 saturated heterocycles. The fourth-order valence-corrected chi connectivity index (χ4v) is 2.99. The second kappa shape index (κ2) is 4.09. The van der Waals surface area contributed by atoms with Gasteiger partial charge in [0.25, 0.3) is 0 Å². The van der Waals surface area contributed by atoms with E-state index in [4.69, 9.17) is 9.47 Å². The van der Waals surface area contributed by atoms with Crippen LogP contribution in [-0.4, -0.2) is 24.1 Å². The van der Waals surface area contributed by atoms with E-state index in [0.717, 1.165) is 29.7 Å². The summed E-state index contributed by atoms with van der Waals surface area (Å²) in [5.74, 6) is 0.944. The molecule has 2 aliphatic heterocycles. The monoisotopic (exact) mass is 246 g/mol. The molecule has 0 N–H and O–H groups in total. The molecule has 96 valence electrons. The Kier molecular flexibility index (Phi) is 2.67. The van der Waals surface area contributed by atoms with Crippen LogP contribution in [-0.2, 0) is 4.74 Å². The van der Waals surface area contributed by atoms with E-state index in [0.29, 0.717) is 13.0 Å². The van der Waals surface area contributed by atoms with Crippen molar-refractivity contribution in [2.75, 3.05) is 6.61 Å². The number of benzene rings is 1. The fraction of sp³-hybridized carbons (Fsp3) is 0.533. The molecule has 0 aromatic heterocycles. The number of carbonyl (C=O) groups excluding carboxylic acids is 1. The van der Waals surface area contributed by atoms with Gasteiger partial charge < -0.3 is 9.47 Å². The standard InChI is InChI=1S/C15H18O3/c1-10-3-4-14-12(7-10)13(16)9-15(18-14)5-6-17-11(2)8-15/h3-4,7,11H,5-6,8-9H2,1-2H3. The average molecular weight is 246 g/mol. The van der Waals surface area contributed by atoms with Gasteiger partial charge in [-0.2, -0.15) is 0 Å². The molecule has 0 amide bonds. The number of hydrogen-bond donors (Lipinski definition) is 0. The number of ketones is 1. The van der Waals surface area contributed by atoms with E-state index < -0.39 is 0 Å². The van der Waals surface area contributed by atoms with Gasteiger partial charge in [0.1, 0.15) is 11.4 Å². The molecule has 0 bridgehead atoms. The minimum Gasteiger partial charge on any atom is -0.486 e. The van der Waals surface area contributed by atoms with Crippen LogP contribution in [0.4, 0.5) is 0 Å². The molecular formula is C15H18O3. The fourth-order valence-electron chi connectivity index (χ4n) is 2.99. The highest BCUT2D eigenvalue weighted by molar-refractivity contribution is 6.00. The van der Waals surface area contributed by atoms with E-state index in [-0.39, 0.29) is 17.5 Å². The maximum Gasteiger partial charge on any atom is 0.170 e. The van der Waals surface area contributed by atoms with Crippen molar-refractivity contribution in [3.8, 4) is 5.75 Å². The normalized spacial score (nSPS) is 31.0. The summed E-state index contributed by atoms with van der Waals surface area (Å²) in [5.41, 5.74) is 1.50. The lowest BCUT2D eigenvalue weighted by atomic mass is 9.82. The van der Waals surface area contributed by atoms with Gasteiger partial charge in [-0.3, -0.25) is 4.79 Å². The van der Waals surface area contributed by atoms with Crippen LogP contribution in [0.15, 0.2) is 18.2 Å². The first-order chi connectivity index (χ1) is 8.58. The molecule has 1 fully saturated rings. The van der Waals surface area contributed by atoms with Crippen molar-refractivity contribution >= 4 is 5.78 Å². The Bertz CT molecular complexity index is 495. The molecule has 2 aliphatic rings. The maximum atomic E-state index is 12.3. The smallest absolute Gasteiger partial charge is 0.170 e. The second-order valence-electron chi connectivity index (χ2n) is 5.52. The molecule has 3 rings (SSSR count). The Morgan fingerprint density at radius 1 is 1.39 bits per heavy atom. The highest BCUT2D eigenvalue weighted by Gasteiger charge is 2.43. The molecule has 2 heterocycles. The van der Waals surface area contributed by atoms with Crippen LogP contribution < -0.4 is 4.74 Å². The highest BCUT2D eigenvalue weighted by Crippen LogP contribution is 2.40. The van der Waals surface area contributed by atoms with Crippen molar-refractivity contribution in [2.24, 2.45) is 0 Å². The van der Waals surface area contributed by atoms with Crippen LogP contribution in [0, 0.1) is 6.92 Å². The van der Waals surface area contributed by atoms with Gasteiger partial charge in [-0.15, -0.1) is 0 Å². The predicted molar refractivity (Wildman–Crippen MR) is 68.1 cm³/mol. The molecule has 0 radical (unpaired) electrons. The molecule has 0 aliphatic carbocycles. The van der Waals surface area contributed by atoms with Crippen molar-refractivity contribution in [1.29, 1.82) is 0 Å². The zero-order chi connectivity index (χ0) is 12.8. The summed E-state index contributed by atoms with van der Waals surface area (Å²) in [7, 11) is 0. The largest absolute Gasteiger partial charge is 0.486 e. The number of hydrogen-bond acceptors (Lipinski definition) is 3. The Hall–Kier alpha value is -1.35. The first-order valence-corrected chi connectivity index (χ1v) is 6.52. The first-order valence-electron chi connectivity index (χ1n) is 6.52. The van der Waals surface area contributed by atoms with Crippen LogP contribution in [0.25, 0.3) is 0 Å². The van der Waals surface area contributed by atoms with E-state index in [1.165, 1.54) is 0 Å². The van der Waals surface area contributed by atoms with Crippen LogP contribution in [0.5, 0.6) is 5.75 Å². The molecule has 1 spiro atoms. The first kappa shape index (κ1) is 11.7. The zero-order valence-corrected chi connectivity index (χ0v) is 10.9. The quantitative estimate of drug-likeness (QED) is 0.706. The van der Waals surface area contributed by atoms with E-state index in [2.05, 4.69) is 0 Å². The van der Waals surface area contributed by atoms with Gasteiger partial charge in [-0.1, -0.05) is 11.6 Å². The molecular weight excluding hydrogens is 228 g/mol. The number of Topliss-reactive ketones (excluding diaryl/α,β-unsaturated/α-hetero) is 1. The SMILES string of the molecule is Cc1ccc2c(c1)C(=O)CC1(CCOC(C)C1)O2. The third-order valence-corrected chi connectivity index (χ3v) is 3.86. The van der Waals surface area contributed by atoms with Gasteiger partial charge in [0, 0.05) is 12.8 Å². The Balaban J connectivity index is 1.96. The molecule has 0 saturated carbocycles. The summed E-state index contributed by atoms with van der Waals surface area (Å²) in [5, 5.41) is 0. The summed E-state index contributed by atoms with van der Waals surface area (Å²) < 4.78 is 11.7. The Labute approximate surface area is 107 Å². The summed E-state index contributed by atoms with van der Waals surface area (Å²) in [4.78, 5) is 12.3. The van der Waals surface area contributed by atoms with E-state index in [1.807, 2.05) is 32.0 Å². The summed E-state index contributed by atoms with van der Waals surface area (Å²) in [6.45, 7) is 4.71. The van der Waals surface area contributed by atoms with Crippen molar-refractivity contribution in [3.05, 3.63) is 29.3 Å². The van der Waals surface area contributed by atoms with Gasteiger partial charge in [-0.05, 0) is 26.0 Å². The van der Waals surface area contributed by atoms with Crippen molar-refractivity contribution in [1.82, 2.24) is 0 Å². The minimum atomic E-state index is -0.336. The van der Waals surface area contributed by atoms with Crippen LogP contribution in [0.1, 0.15) is 42.1 Å². The molecule has 3 nitrogen and oxygen atoms in total. The molecule has 1 aromatic carbocycles. The van der Waals surface area contributed by atoms with Gasteiger partial charge in [0.05, 0.1) is 24.7 Å². The molecule has 3 heteroatoms. The van der Waals surface area contributed by atoms with Crippen LogP contribution in [0.2, 0.25) is 0 Å². The summed E-state index contributed by atoms with van der Waals surface area (Å²) in [6, 6.07) is 5.84. The number of rotatable bonds is 0. The molecule has 2 atom stereocenters. The minimum absolute atomic E-state index is 0.165. The number of aryl methyl sites for hydroxylation is 1. The van der Waals surface area contributed by atoms with Gasteiger partial charge in [0.15, 0.2) is 5.78 Å². The Morgan fingerprint density at radius 2 is 2.22 bits per heavy atom. The average Bonchev–Trinajstić information content (AvgIpc) is 2.30. The zero-order valence-electron chi connectivity index (χ0n) is 10.9. The lowest BCUT2D eigenvalue weighted by Crippen LogP contribution is -2.48. The Morgan fingerprint density at radius 3 is 3.00 bits per heavy atom. The summed E-state index contributed by atoms with van der Waals surface area (Å²) >= 11 is 0. The molecule has 18 heavy (non-hydrogen) atoms. The highest BCUT2D eigenvalue weighted by atomic mass is 16.5. The van der Waals surface area contributed by atoms with Crippen molar-refractivity contribution in [3.63, 3.8) is 0 Å². The topological polar surface area (TPSA) is 35.5 Å². The lowest BCUT2D eigenvalue weighted by molar-refractivity contribution is -0.0849. The third-order valence-electron chi connectivity index (χ3n) is 3.86. The lowest BCUT2D eigenvalue weighted by Gasteiger charge is -2.42. The molecule has 1 aromatic rings. The third kappa shape index (κ3) is 1.93. The maximum absolute atomic E-state index is 12.3. The second-order valence-corrected chi connectivity index (χ2v) is 5.52. The molecule has 2 unspecified atom stereocenters. The van der Waals surface area contributed by atoms with E-state index in [9.17, 15) is 4.79 Å². The van der Waals surface area contributed by atoms with E-state index >= 15 is 0 Å². The summed E-state index contributed by atoms with van der Waals surface area (Å²) in [6.07, 6.45) is 2.25. The number of ether oxygens (including phenoxy) is 2. The van der Waals surface area contributed by atoms with Crippen molar-refractivity contribution < 1.29 is 14.3 Å². The predicted octanol–water partition coefficient (Wildman–Crippen LogP) is 2.90. The van der Waals surface area contributed by atoms with Gasteiger partial charge >= 0.3 is 0 Å². The van der Waals surface area contributed by atoms with Gasteiger partial charge in [-0.25, -0.2) is 0 Å². The van der Waals surface area contributed by atoms with Crippen LogP contribution in [0.3, 0.4) is 0 Å². The van der Waals surface area contributed by atoms with E-state index in [1.54, 1.807) is 0 Å². The number of fused-ring (bicyclic) bond motifs is 1. The van der Waals surface area contributed by atoms with Crippen LogP contribution >= 0.6 is 0 Å². The van der Waals surface area contributed by atoms with Crippen molar-refractivity contribution in [2.45, 2.75) is 44.8 Å². The number of carbonyl (C=O) groups is 1.